The number of epoxide rings is 2. The predicted molar refractivity (Wildman–Crippen MR) is 69.7 cm³/mol. The van der Waals surface area contributed by atoms with Gasteiger partial charge in [-0.15, -0.1) is 0 Å². The topological polar surface area (TPSA) is 140 Å². The van der Waals surface area contributed by atoms with Gasteiger partial charge in [-0.3, -0.25) is 9.59 Å². The lowest BCUT2D eigenvalue weighted by Crippen LogP contribution is -2.27. The van der Waals surface area contributed by atoms with Gasteiger partial charge < -0.3 is 29.9 Å². The van der Waals surface area contributed by atoms with Gasteiger partial charge in [-0.25, -0.2) is 0 Å². The maximum absolute atomic E-state index is 11.1. The van der Waals surface area contributed by atoms with E-state index in [1.807, 2.05) is 0 Å². The molecule has 4 rings (SSSR count). The predicted octanol–water partition coefficient (Wildman–Crippen LogP) is -2.77. The third-order valence-corrected chi connectivity index (χ3v) is 3.96. The second-order valence-electron chi connectivity index (χ2n) is 5.45. The van der Waals surface area contributed by atoms with Gasteiger partial charge in [-0.1, -0.05) is 0 Å². The van der Waals surface area contributed by atoms with Gasteiger partial charge in [0, 0.05) is 11.1 Å². The van der Waals surface area contributed by atoms with Crippen LogP contribution >= 0.6 is 0 Å². The van der Waals surface area contributed by atoms with E-state index in [9.17, 15) is 19.8 Å². The highest BCUT2D eigenvalue weighted by atomic mass is 16.6. The molecule has 0 aromatic heterocycles. The molecule has 0 bridgehead atoms. The molecular weight excluding hydrogens is 296 g/mol. The van der Waals surface area contributed by atoms with E-state index in [0.29, 0.717) is 0 Å². The number of Topliss-reactive ketones (excluding diaryl/α,β-unsaturated/α-hetero) is 2. The van der Waals surface area contributed by atoms with Crippen LogP contribution in [0.25, 0.3) is 0 Å². The van der Waals surface area contributed by atoms with Crippen molar-refractivity contribution in [2.24, 2.45) is 0 Å². The van der Waals surface area contributed by atoms with Crippen LogP contribution in [0.5, 0.6) is 0 Å². The van der Waals surface area contributed by atoms with Crippen molar-refractivity contribution in [3.05, 3.63) is 23.3 Å². The third kappa shape index (κ3) is 2.65. The lowest BCUT2D eigenvalue weighted by atomic mass is 9.97. The summed E-state index contributed by atoms with van der Waals surface area (Å²) in [6, 6.07) is 0. The number of carbonyl (C=O) groups excluding carboxylic acids is 2. The molecule has 2 aliphatic heterocycles. The molecule has 2 saturated heterocycles. The molecule has 4 N–H and O–H groups in total. The average Bonchev–Trinajstić information content (AvgIpc) is 3.38. The fourth-order valence-electron chi connectivity index (χ4n) is 2.58. The van der Waals surface area contributed by atoms with Crippen LogP contribution in [0.2, 0.25) is 0 Å². The highest BCUT2D eigenvalue weighted by Crippen LogP contribution is 2.34. The molecule has 0 saturated carbocycles. The number of aliphatic hydroxyl groups is 4. The molecule has 0 spiro atoms. The highest BCUT2D eigenvalue weighted by Gasteiger charge is 2.53. The molecule has 2 heterocycles. The summed E-state index contributed by atoms with van der Waals surface area (Å²) in [5, 5.41) is 35.7. The Bertz CT molecular complexity index is 515. The summed E-state index contributed by atoms with van der Waals surface area (Å²) in [6.45, 7) is -0.634. The largest absolute Gasteiger partial charge is 0.392 e. The van der Waals surface area contributed by atoms with Crippen molar-refractivity contribution >= 4 is 11.6 Å². The first-order chi connectivity index (χ1) is 10.5. The van der Waals surface area contributed by atoms with Crippen LogP contribution in [-0.4, -0.2) is 81.8 Å². The van der Waals surface area contributed by atoms with Crippen LogP contribution in [-0.2, 0) is 19.1 Å². The van der Waals surface area contributed by atoms with Crippen LogP contribution in [0.15, 0.2) is 23.3 Å². The van der Waals surface area contributed by atoms with Gasteiger partial charge >= 0.3 is 0 Å². The summed E-state index contributed by atoms with van der Waals surface area (Å²) in [5.41, 5.74) is 0.521. The van der Waals surface area contributed by atoms with Crippen molar-refractivity contribution < 1.29 is 39.5 Å². The quantitative estimate of drug-likeness (QED) is 0.402. The molecular formula is C14H16O8. The van der Waals surface area contributed by atoms with E-state index in [1.165, 1.54) is 12.2 Å². The first-order valence-corrected chi connectivity index (χ1v) is 6.86. The zero-order valence-corrected chi connectivity index (χ0v) is 11.5. The van der Waals surface area contributed by atoms with Crippen LogP contribution < -0.4 is 0 Å². The monoisotopic (exact) mass is 312 g/mol. The molecule has 2 fully saturated rings. The number of ketones is 2. The van der Waals surface area contributed by atoms with E-state index in [1.54, 1.807) is 0 Å². The molecule has 8 nitrogen and oxygen atoms in total. The lowest BCUT2D eigenvalue weighted by Gasteiger charge is -2.09. The van der Waals surface area contributed by atoms with Crippen molar-refractivity contribution in [3.8, 4) is 0 Å². The first-order valence-electron chi connectivity index (χ1n) is 6.86. The second-order valence-corrected chi connectivity index (χ2v) is 5.45. The summed E-state index contributed by atoms with van der Waals surface area (Å²) in [7, 11) is 0. The zero-order valence-electron chi connectivity index (χ0n) is 11.5. The average molecular weight is 312 g/mol. The Kier molecular flexibility index (Phi) is 3.98. The Balaban J connectivity index is 0.000000131. The van der Waals surface area contributed by atoms with Crippen molar-refractivity contribution in [1.82, 2.24) is 0 Å². The minimum Gasteiger partial charge on any atom is -0.392 e. The molecule has 0 unspecified atom stereocenters. The van der Waals surface area contributed by atoms with Gasteiger partial charge in [-0.05, 0) is 12.2 Å². The molecule has 8 heteroatoms. The van der Waals surface area contributed by atoms with E-state index < -0.39 is 24.4 Å². The van der Waals surface area contributed by atoms with Gasteiger partial charge in [0.2, 0.25) is 0 Å². The number of aliphatic hydroxyl groups excluding tert-OH is 4. The number of carbonyl (C=O) groups is 2. The van der Waals surface area contributed by atoms with E-state index in [0.717, 1.165) is 0 Å². The molecule has 0 amide bonds. The maximum atomic E-state index is 11.1. The van der Waals surface area contributed by atoms with E-state index >= 15 is 0 Å². The van der Waals surface area contributed by atoms with Crippen LogP contribution in [0, 0.1) is 0 Å². The summed E-state index contributed by atoms with van der Waals surface area (Å²) < 4.78 is 9.74. The Morgan fingerprint density at radius 3 is 1.50 bits per heavy atom. The Morgan fingerprint density at radius 2 is 1.18 bits per heavy atom. The fourth-order valence-corrected chi connectivity index (χ4v) is 2.58. The number of ether oxygens (including phenoxy) is 2. The highest BCUT2D eigenvalue weighted by molar-refractivity contribution is 6.02. The number of hydrogen-bond donors (Lipinski definition) is 4. The van der Waals surface area contributed by atoms with E-state index in [4.69, 9.17) is 19.7 Å². The van der Waals surface area contributed by atoms with E-state index in [2.05, 4.69) is 0 Å². The van der Waals surface area contributed by atoms with Crippen molar-refractivity contribution in [1.29, 1.82) is 0 Å². The molecule has 0 aromatic carbocycles. The van der Waals surface area contributed by atoms with Gasteiger partial charge in [0.25, 0.3) is 0 Å². The van der Waals surface area contributed by atoms with Crippen molar-refractivity contribution in [3.63, 3.8) is 0 Å². The van der Waals surface area contributed by atoms with Gasteiger partial charge in [0.15, 0.2) is 11.6 Å². The Morgan fingerprint density at radius 1 is 0.818 bits per heavy atom. The minimum atomic E-state index is -0.722. The normalized spacial score (nSPS) is 41.5. The van der Waals surface area contributed by atoms with Crippen molar-refractivity contribution in [2.45, 2.75) is 36.6 Å². The molecule has 6 atom stereocenters. The summed E-state index contributed by atoms with van der Waals surface area (Å²) in [6.07, 6.45) is -0.405. The van der Waals surface area contributed by atoms with Crippen molar-refractivity contribution in [2.75, 3.05) is 13.2 Å². The zero-order chi connectivity index (χ0) is 16.0. The van der Waals surface area contributed by atoms with Gasteiger partial charge in [0.1, 0.15) is 36.6 Å². The Hall–Kier alpha value is -1.42. The first kappa shape index (κ1) is 15.5. The number of fused-ring (bicyclic) bond motifs is 2. The maximum Gasteiger partial charge on any atom is 0.192 e. The summed E-state index contributed by atoms with van der Waals surface area (Å²) in [4.78, 5) is 22.2. The molecule has 2 aliphatic carbocycles. The summed E-state index contributed by atoms with van der Waals surface area (Å²) >= 11 is 0. The Labute approximate surface area is 125 Å². The molecule has 0 radical (unpaired) electrons. The number of rotatable bonds is 2. The second kappa shape index (κ2) is 5.65. The minimum absolute atomic E-state index is 0.192. The number of hydrogen-bond acceptors (Lipinski definition) is 8. The molecule has 0 aromatic rings. The lowest BCUT2D eigenvalue weighted by molar-refractivity contribution is -0.118. The van der Waals surface area contributed by atoms with Gasteiger partial charge in [-0.2, -0.15) is 0 Å². The van der Waals surface area contributed by atoms with Gasteiger partial charge in [0.05, 0.1) is 13.2 Å². The van der Waals surface area contributed by atoms with Crippen LogP contribution in [0.4, 0.5) is 0 Å². The summed E-state index contributed by atoms with van der Waals surface area (Å²) in [5.74, 6) is -0.384. The van der Waals surface area contributed by atoms with Crippen LogP contribution in [0.3, 0.4) is 0 Å². The third-order valence-electron chi connectivity index (χ3n) is 3.96. The van der Waals surface area contributed by atoms with Crippen LogP contribution in [0.1, 0.15) is 0 Å². The molecule has 120 valence electrons. The molecule has 4 aliphatic rings. The smallest absolute Gasteiger partial charge is 0.192 e. The van der Waals surface area contributed by atoms with E-state index in [-0.39, 0.29) is 48.1 Å². The standard InChI is InChI=1S/2C7H8O4/c2*8-2-3-1-4(9)6-7(11-6)5(3)10/h2*1,4,6-9H,2H2/t4-,6+,7-;4-,6-,7+/m10/s1. The SMILES string of the molecule is O=C1C(CO)=C[C@@H](O)[C@@H]2O[C@H]12.O=C1C(CO)=C[C@H](O)[C@@H]2O[C@H]12. The fraction of sp³-hybridized carbons (Fsp3) is 0.571. The molecule has 22 heavy (non-hydrogen) atoms.